The maximum Gasteiger partial charge on any atom is 0.410 e. The molecule has 18 heavy (non-hydrogen) atoms. The molecule has 0 aliphatic heterocycles. The largest absolute Gasteiger partial charge is 0.449 e. The number of amides is 1. The van der Waals surface area contributed by atoms with Crippen molar-refractivity contribution in [3.8, 4) is 0 Å². The van der Waals surface area contributed by atoms with Crippen LogP contribution in [0.4, 0.5) is 4.79 Å². The van der Waals surface area contributed by atoms with Gasteiger partial charge in [0.15, 0.2) is 6.07 Å². The highest BCUT2D eigenvalue weighted by molar-refractivity contribution is 6.17. The fraction of sp³-hybridized carbons (Fsp3) is 0.833. The summed E-state index contributed by atoms with van der Waals surface area (Å²) in [6, 6.07) is -0.0882. The molecule has 1 saturated carbocycles. The minimum atomic E-state index is -0.508. The average Bonchev–Trinajstić information content (AvgIpc) is 2.12. The van der Waals surface area contributed by atoms with Crippen LogP contribution in [0.15, 0.2) is 0 Å². The summed E-state index contributed by atoms with van der Waals surface area (Å²) < 4.78 is 9.96. The van der Waals surface area contributed by atoms with Crippen molar-refractivity contribution in [2.24, 2.45) is 5.92 Å². The Balaban J connectivity index is 2.37. The fourth-order valence-corrected chi connectivity index (χ4v) is 1.86. The number of carbonyl (C=O) groups excluding carboxylic acids is 2. The van der Waals surface area contributed by atoms with Crippen LogP contribution >= 0.6 is 11.6 Å². The average molecular weight is 278 g/mol. The van der Waals surface area contributed by atoms with Crippen LogP contribution in [0.2, 0.25) is 0 Å². The first kappa shape index (κ1) is 15.1. The van der Waals surface area contributed by atoms with Gasteiger partial charge in [0.1, 0.15) is 5.60 Å². The Hall–Kier alpha value is -0.970. The Morgan fingerprint density at radius 3 is 2.33 bits per heavy atom. The number of hydrogen-bond donors (Lipinski definition) is 0. The molecule has 1 amide bonds. The van der Waals surface area contributed by atoms with Gasteiger partial charge in [-0.05, 0) is 33.6 Å². The first-order valence-electron chi connectivity index (χ1n) is 5.93. The molecular formula is C12H20ClNO4. The van der Waals surface area contributed by atoms with Crippen molar-refractivity contribution in [1.29, 1.82) is 0 Å². The van der Waals surface area contributed by atoms with Crippen LogP contribution in [-0.4, -0.2) is 41.7 Å². The van der Waals surface area contributed by atoms with Crippen molar-refractivity contribution in [3.63, 3.8) is 0 Å². The van der Waals surface area contributed by atoms with Crippen molar-refractivity contribution in [2.75, 3.05) is 13.1 Å². The molecule has 0 spiro atoms. The van der Waals surface area contributed by atoms with E-state index in [4.69, 9.17) is 21.1 Å². The minimum absolute atomic E-state index is 0.0349. The second-order valence-electron chi connectivity index (χ2n) is 5.49. The zero-order valence-electron chi connectivity index (χ0n) is 11.2. The molecule has 5 nitrogen and oxygen atoms in total. The second kappa shape index (κ2) is 5.78. The van der Waals surface area contributed by atoms with E-state index in [0.29, 0.717) is 12.8 Å². The molecule has 1 fully saturated rings. The lowest BCUT2D eigenvalue weighted by Gasteiger charge is -2.39. The maximum absolute atomic E-state index is 11.8. The first-order valence-corrected chi connectivity index (χ1v) is 6.46. The van der Waals surface area contributed by atoms with Crippen LogP contribution < -0.4 is 0 Å². The highest BCUT2D eigenvalue weighted by atomic mass is 35.5. The van der Waals surface area contributed by atoms with Gasteiger partial charge in [-0.3, -0.25) is 4.79 Å². The monoisotopic (exact) mass is 277 g/mol. The molecule has 0 radical (unpaired) electrons. The van der Waals surface area contributed by atoms with Crippen LogP contribution in [0.25, 0.3) is 0 Å². The number of hydrogen-bond acceptors (Lipinski definition) is 4. The molecule has 0 atom stereocenters. The normalized spacial score (nSPS) is 22.9. The van der Waals surface area contributed by atoms with Crippen molar-refractivity contribution >= 4 is 23.7 Å². The molecule has 6 heteroatoms. The Morgan fingerprint density at radius 1 is 1.33 bits per heavy atom. The Morgan fingerprint density at radius 2 is 1.89 bits per heavy atom. The summed E-state index contributed by atoms with van der Waals surface area (Å²) in [7, 11) is 1.68. The van der Waals surface area contributed by atoms with Gasteiger partial charge in [0.2, 0.25) is 0 Å². The molecule has 1 rings (SSSR count). The minimum Gasteiger partial charge on any atom is -0.449 e. The van der Waals surface area contributed by atoms with Crippen LogP contribution in [0.5, 0.6) is 0 Å². The fourth-order valence-electron chi connectivity index (χ4n) is 1.75. The molecule has 0 saturated heterocycles. The lowest BCUT2D eigenvalue weighted by molar-refractivity contribution is -0.151. The summed E-state index contributed by atoms with van der Waals surface area (Å²) in [6.07, 6.45) is 0.841. The van der Waals surface area contributed by atoms with E-state index in [1.807, 2.05) is 20.8 Å². The Kier molecular flexibility index (Phi) is 4.85. The zero-order valence-corrected chi connectivity index (χ0v) is 12.0. The standard InChI is InChI=1S/C12H20ClNO4/c1-12(2,3)18-11(16)14(4)9-5-8(6-9)10(15)17-7-13/h8-9H,5-7H2,1-4H3. The highest BCUT2D eigenvalue weighted by Gasteiger charge is 2.40. The Bertz CT molecular complexity index is 321. The van der Waals surface area contributed by atoms with E-state index < -0.39 is 5.60 Å². The third-order valence-electron chi connectivity index (χ3n) is 2.87. The predicted octanol–water partition coefficient (Wildman–Crippen LogP) is 2.37. The van der Waals surface area contributed by atoms with Gasteiger partial charge in [0.05, 0.1) is 5.92 Å². The molecular weight excluding hydrogens is 258 g/mol. The van der Waals surface area contributed by atoms with Gasteiger partial charge < -0.3 is 14.4 Å². The second-order valence-corrected chi connectivity index (χ2v) is 5.70. The smallest absolute Gasteiger partial charge is 0.410 e. The van der Waals surface area contributed by atoms with Gasteiger partial charge in [0.25, 0.3) is 0 Å². The lowest BCUT2D eigenvalue weighted by Crippen LogP contribution is -2.49. The maximum atomic E-state index is 11.8. The molecule has 104 valence electrons. The summed E-state index contributed by atoms with van der Waals surface area (Å²) >= 11 is 5.32. The number of ether oxygens (including phenoxy) is 2. The molecule has 0 aromatic carbocycles. The number of halogens is 1. The van der Waals surface area contributed by atoms with Gasteiger partial charge >= 0.3 is 12.1 Å². The summed E-state index contributed by atoms with van der Waals surface area (Å²) in [5, 5.41) is 0. The zero-order chi connectivity index (χ0) is 13.9. The van der Waals surface area contributed by atoms with E-state index in [1.165, 1.54) is 4.90 Å². The SMILES string of the molecule is CN(C(=O)OC(C)(C)C)C1CC(C(=O)OCCl)C1. The van der Waals surface area contributed by atoms with E-state index in [0.717, 1.165) is 0 Å². The van der Waals surface area contributed by atoms with Crippen LogP contribution in [0.3, 0.4) is 0 Å². The molecule has 0 N–H and O–H groups in total. The number of nitrogens with zero attached hydrogens (tertiary/aromatic N) is 1. The van der Waals surface area contributed by atoms with E-state index in [9.17, 15) is 9.59 Å². The molecule has 0 aromatic heterocycles. The summed E-state index contributed by atoms with van der Waals surface area (Å²) in [5.41, 5.74) is -0.508. The van der Waals surface area contributed by atoms with Crippen molar-refractivity contribution in [1.82, 2.24) is 4.90 Å². The van der Waals surface area contributed by atoms with Crippen LogP contribution in [0, 0.1) is 5.92 Å². The molecule has 0 heterocycles. The van der Waals surface area contributed by atoms with Gasteiger partial charge in [-0.25, -0.2) is 4.79 Å². The topological polar surface area (TPSA) is 55.8 Å². The molecule has 0 aromatic rings. The van der Waals surface area contributed by atoms with Crippen LogP contribution in [0.1, 0.15) is 33.6 Å². The van der Waals surface area contributed by atoms with E-state index in [1.54, 1.807) is 7.05 Å². The number of rotatable bonds is 3. The van der Waals surface area contributed by atoms with E-state index in [-0.39, 0.29) is 30.1 Å². The van der Waals surface area contributed by atoms with Gasteiger partial charge in [-0.15, -0.1) is 0 Å². The van der Waals surface area contributed by atoms with Gasteiger partial charge in [0, 0.05) is 13.1 Å². The first-order chi connectivity index (χ1) is 8.24. The van der Waals surface area contributed by atoms with E-state index in [2.05, 4.69) is 0 Å². The van der Waals surface area contributed by atoms with E-state index >= 15 is 0 Å². The Labute approximate surface area is 112 Å². The van der Waals surface area contributed by atoms with Gasteiger partial charge in [-0.1, -0.05) is 11.6 Å². The van der Waals surface area contributed by atoms with Crippen LogP contribution in [-0.2, 0) is 14.3 Å². The lowest BCUT2D eigenvalue weighted by atomic mass is 9.79. The quantitative estimate of drug-likeness (QED) is 0.587. The van der Waals surface area contributed by atoms with Gasteiger partial charge in [-0.2, -0.15) is 0 Å². The molecule has 1 aliphatic rings. The van der Waals surface area contributed by atoms with Crippen molar-refractivity contribution in [3.05, 3.63) is 0 Å². The predicted molar refractivity (Wildman–Crippen MR) is 67.3 cm³/mol. The molecule has 0 bridgehead atoms. The van der Waals surface area contributed by atoms with Crippen molar-refractivity contribution < 1.29 is 19.1 Å². The highest BCUT2D eigenvalue weighted by Crippen LogP contribution is 2.32. The summed E-state index contributed by atoms with van der Waals surface area (Å²) in [6.45, 7) is 5.46. The molecule has 0 unspecified atom stereocenters. The number of alkyl halides is 1. The summed E-state index contributed by atoms with van der Waals surface area (Å²) in [5.74, 6) is -0.447. The summed E-state index contributed by atoms with van der Waals surface area (Å²) in [4.78, 5) is 24.6. The van der Waals surface area contributed by atoms with Crippen molar-refractivity contribution in [2.45, 2.75) is 45.3 Å². The number of esters is 1. The third kappa shape index (κ3) is 4.05. The molecule has 1 aliphatic carbocycles. The third-order valence-corrected chi connectivity index (χ3v) is 2.98. The number of carbonyl (C=O) groups is 2.